The average Bonchev–Trinajstić information content (AvgIpc) is 2.21. The van der Waals surface area contributed by atoms with Crippen LogP contribution in [-0.4, -0.2) is 52.0 Å². The first-order valence-corrected chi connectivity index (χ1v) is 4.93. The van der Waals surface area contributed by atoms with Gasteiger partial charge in [-0.05, 0) is 12.8 Å². The average molecular weight is 234 g/mol. The molecule has 6 N–H and O–H groups in total. The monoisotopic (exact) mass is 234 g/mol. The summed E-state index contributed by atoms with van der Waals surface area (Å²) in [5, 5.41) is 29.0. The summed E-state index contributed by atoms with van der Waals surface area (Å²) >= 11 is 0. The molecule has 0 aliphatic rings. The Morgan fingerprint density at radius 3 is 2.31 bits per heavy atom. The van der Waals surface area contributed by atoms with E-state index in [4.69, 9.17) is 15.9 Å². The van der Waals surface area contributed by atoms with Crippen LogP contribution in [-0.2, 0) is 9.59 Å². The zero-order valence-electron chi connectivity index (χ0n) is 9.09. The number of carbonyl (C=O) groups excluding carboxylic acids is 1. The summed E-state index contributed by atoms with van der Waals surface area (Å²) in [5.41, 5.74) is 5.35. The van der Waals surface area contributed by atoms with Crippen LogP contribution in [0.5, 0.6) is 0 Å². The first kappa shape index (κ1) is 14.8. The third-order valence-electron chi connectivity index (χ3n) is 2.13. The lowest BCUT2D eigenvalue weighted by atomic mass is 10.0. The quantitative estimate of drug-likeness (QED) is 0.347. The number of aliphatic hydroxyl groups is 2. The summed E-state index contributed by atoms with van der Waals surface area (Å²) in [6.07, 6.45) is -0.830. The van der Waals surface area contributed by atoms with Crippen molar-refractivity contribution in [2.24, 2.45) is 5.73 Å². The molecule has 0 aliphatic heterocycles. The molecule has 0 radical (unpaired) electrons. The van der Waals surface area contributed by atoms with Crippen LogP contribution >= 0.6 is 0 Å². The van der Waals surface area contributed by atoms with Crippen LogP contribution in [0.2, 0.25) is 0 Å². The summed E-state index contributed by atoms with van der Waals surface area (Å²) in [6.45, 7) is 0.838. The summed E-state index contributed by atoms with van der Waals surface area (Å²) in [7, 11) is 0. The predicted octanol–water partition coefficient (Wildman–Crippen LogP) is -1.96. The van der Waals surface area contributed by atoms with Gasteiger partial charge in [-0.3, -0.25) is 4.79 Å². The van der Waals surface area contributed by atoms with Gasteiger partial charge in [-0.15, -0.1) is 0 Å². The lowest BCUT2D eigenvalue weighted by molar-refractivity contribution is -0.141. The number of carbonyl (C=O) groups is 2. The molecule has 7 nitrogen and oxygen atoms in total. The normalized spacial score (nSPS) is 16.2. The van der Waals surface area contributed by atoms with E-state index in [-0.39, 0.29) is 19.4 Å². The molecule has 0 aromatic carbocycles. The van der Waals surface area contributed by atoms with Gasteiger partial charge in [0.05, 0.1) is 18.8 Å². The van der Waals surface area contributed by atoms with E-state index in [1.165, 1.54) is 6.92 Å². The zero-order chi connectivity index (χ0) is 12.7. The summed E-state index contributed by atoms with van der Waals surface area (Å²) in [6, 6.07) is -1.84. The number of aliphatic hydroxyl groups excluding tert-OH is 2. The minimum absolute atomic E-state index is 0.0593. The summed E-state index contributed by atoms with van der Waals surface area (Å²) in [4.78, 5) is 21.4. The molecule has 0 rings (SSSR count). The first-order valence-electron chi connectivity index (χ1n) is 4.93. The third kappa shape index (κ3) is 5.64. The molecular formula is C9H18N2O5. The van der Waals surface area contributed by atoms with Crippen molar-refractivity contribution in [3.8, 4) is 0 Å². The molecule has 16 heavy (non-hydrogen) atoms. The topological polar surface area (TPSA) is 133 Å². The number of hydrogen-bond acceptors (Lipinski definition) is 5. The molecular weight excluding hydrogens is 216 g/mol. The second-order valence-corrected chi connectivity index (χ2v) is 3.58. The zero-order valence-corrected chi connectivity index (χ0v) is 9.09. The van der Waals surface area contributed by atoms with E-state index in [2.05, 4.69) is 5.32 Å². The number of nitrogens with two attached hydrogens (primary N) is 1. The Hall–Kier alpha value is -1.18. The van der Waals surface area contributed by atoms with Crippen LogP contribution in [0.4, 0.5) is 0 Å². The van der Waals surface area contributed by atoms with Gasteiger partial charge in [0.25, 0.3) is 0 Å². The molecule has 0 aromatic heterocycles. The maximum Gasteiger partial charge on any atom is 0.326 e. The molecule has 3 atom stereocenters. The van der Waals surface area contributed by atoms with Gasteiger partial charge in [0.15, 0.2) is 0 Å². The van der Waals surface area contributed by atoms with Crippen molar-refractivity contribution in [2.75, 3.05) is 6.61 Å². The number of nitrogens with one attached hydrogen (secondary N) is 1. The molecule has 0 fully saturated rings. The number of hydrogen-bond donors (Lipinski definition) is 5. The van der Waals surface area contributed by atoms with Crippen LogP contribution in [0.1, 0.15) is 19.8 Å². The molecule has 0 spiro atoms. The second kappa shape index (κ2) is 7.15. The van der Waals surface area contributed by atoms with E-state index in [1.54, 1.807) is 0 Å². The highest BCUT2D eigenvalue weighted by Crippen LogP contribution is 2.05. The van der Waals surface area contributed by atoms with E-state index in [0.717, 1.165) is 0 Å². The van der Waals surface area contributed by atoms with E-state index in [1.807, 2.05) is 0 Å². The lowest BCUT2D eigenvalue weighted by Crippen LogP contribution is -2.42. The van der Waals surface area contributed by atoms with E-state index >= 15 is 0 Å². The molecule has 0 saturated carbocycles. The van der Waals surface area contributed by atoms with Crippen molar-refractivity contribution in [3.63, 3.8) is 0 Å². The highest BCUT2D eigenvalue weighted by atomic mass is 16.4. The molecule has 7 heteroatoms. The molecule has 0 aromatic rings. The highest BCUT2D eigenvalue weighted by Gasteiger charge is 2.21. The minimum atomic E-state index is -1.17. The van der Waals surface area contributed by atoms with Crippen molar-refractivity contribution in [1.82, 2.24) is 5.32 Å². The molecule has 0 saturated heterocycles. The largest absolute Gasteiger partial charge is 0.480 e. The Balaban J connectivity index is 4.11. The summed E-state index contributed by atoms with van der Waals surface area (Å²) < 4.78 is 0. The molecule has 3 unspecified atom stereocenters. The van der Waals surface area contributed by atoms with Crippen LogP contribution in [0.3, 0.4) is 0 Å². The molecule has 94 valence electrons. The standard InChI is InChI=1S/C9H18N2O5/c1-5(13)11-7(9(15)16)2-3-8(14)6(10)4-12/h6-8,12,14H,2-4,10H2,1H3,(H,11,13)(H,15,16). The lowest BCUT2D eigenvalue weighted by Gasteiger charge is -2.19. The van der Waals surface area contributed by atoms with Crippen LogP contribution < -0.4 is 11.1 Å². The third-order valence-corrected chi connectivity index (χ3v) is 2.13. The van der Waals surface area contributed by atoms with Crippen molar-refractivity contribution in [1.29, 1.82) is 0 Å². The van der Waals surface area contributed by atoms with Crippen molar-refractivity contribution >= 4 is 11.9 Å². The van der Waals surface area contributed by atoms with Crippen LogP contribution in [0, 0.1) is 0 Å². The Morgan fingerprint density at radius 1 is 1.38 bits per heavy atom. The fourth-order valence-electron chi connectivity index (χ4n) is 1.18. The number of rotatable bonds is 7. The van der Waals surface area contributed by atoms with Crippen molar-refractivity contribution < 1.29 is 24.9 Å². The smallest absolute Gasteiger partial charge is 0.326 e. The van der Waals surface area contributed by atoms with Crippen LogP contribution in [0.25, 0.3) is 0 Å². The maximum atomic E-state index is 10.7. The van der Waals surface area contributed by atoms with E-state index < -0.39 is 30.1 Å². The summed E-state index contributed by atoms with van der Waals surface area (Å²) in [5.74, 6) is -1.62. The SMILES string of the molecule is CC(=O)NC(CCC(O)C(N)CO)C(=O)O. The fraction of sp³-hybridized carbons (Fsp3) is 0.778. The van der Waals surface area contributed by atoms with Gasteiger partial charge >= 0.3 is 5.97 Å². The second-order valence-electron chi connectivity index (χ2n) is 3.58. The molecule has 0 bridgehead atoms. The number of aliphatic carboxylic acids is 1. The van der Waals surface area contributed by atoms with Gasteiger partial charge in [-0.2, -0.15) is 0 Å². The van der Waals surface area contributed by atoms with E-state index in [9.17, 15) is 14.7 Å². The van der Waals surface area contributed by atoms with Gasteiger partial charge in [0.2, 0.25) is 5.91 Å². The van der Waals surface area contributed by atoms with Crippen molar-refractivity contribution in [2.45, 2.75) is 38.0 Å². The Morgan fingerprint density at radius 2 is 1.94 bits per heavy atom. The Bertz CT molecular complexity index is 246. The Labute approximate surface area is 93.3 Å². The maximum absolute atomic E-state index is 10.7. The molecule has 0 heterocycles. The fourth-order valence-corrected chi connectivity index (χ4v) is 1.18. The number of carboxylic acids is 1. The van der Waals surface area contributed by atoms with Crippen molar-refractivity contribution in [3.05, 3.63) is 0 Å². The van der Waals surface area contributed by atoms with Gasteiger partial charge in [0.1, 0.15) is 6.04 Å². The van der Waals surface area contributed by atoms with Gasteiger partial charge in [-0.1, -0.05) is 0 Å². The van der Waals surface area contributed by atoms with Crippen LogP contribution in [0.15, 0.2) is 0 Å². The molecule has 1 amide bonds. The minimum Gasteiger partial charge on any atom is -0.480 e. The predicted molar refractivity (Wildman–Crippen MR) is 55.5 cm³/mol. The first-order chi connectivity index (χ1) is 7.38. The number of amides is 1. The van der Waals surface area contributed by atoms with Gasteiger partial charge < -0.3 is 26.4 Å². The van der Waals surface area contributed by atoms with Gasteiger partial charge in [0, 0.05) is 6.92 Å². The van der Waals surface area contributed by atoms with E-state index in [0.29, 0.717) is 0 Å². The number of carboxylic acid groups (broad SMARTS) is 1. The van der Waals surface area contributed by atoms with Gasteiger partial charge in [-0.25, -0.2) is 4.79 Å². The molecule has 0 aliphatic carbocycles. The highest BCUT2D eigenvalue weighted by molar-refractivity contribution is 5.81. The Kier molecular flexibility index (Phi) is 6.63.